The van der Waals surface area contributed by atoms with Gasteiger partial charge in [-0.05, 0) is 44.4 Å². The Bertz CT molecular complexity index is 561. The van der Waals surface area contributed by atoms with Gasteiger partial charge in [0.25, 0.3) is 0 Å². The summed E-state index contributed by atoms with van der Waals surface area (Å²) in [5.74, 6) is 1.78. The molecule has 1 N–H and O–H groups in total. The van der Waals surface area contributed by atoms with E-state index in [4.69, 9.17) is 4.98 Å². The van der Waals surface area contributed by atoms with E-state index < -0.39 is 0 Å². The van der Waals surface area contributed by atoms with Gasteiger partial charge in [0.2, 0.25) is 0 Å². The molecule has 3 rings (SSSR count). The molecule has 0 spiro atoms. The van der Waals surface area contributed by atoms with Crippen LogP contribution in [0.15, 0.2) is 30.7 Å². The van der Waals surface area contributed by atoms with Crippen molar-refractivity contribution in [1.29, 1.82) is 0 Å². The SMILES string of the molecule is Cc1cn2c(n1)[C@@H](CN[C@@H](C)c1ccncc1)CCC2. The molecule has 106 valence electrons. The first kappa shape index (κ1) is 13.3. The average molecular weight is 270 g/mol. The van der Waals surface area contributed by atoms with Gasteiger partial charge >= 0.3 is 0 Å². The van der Waals surface area contributed by atoms with Gasteiger partial charge in [0.15, 0.2) is 0 Å². The fraction of sp³-hybridized carbons (Fsp3) is 0.500. The Kier molecular flexibility index (Phi) is 3.83. The lowest BCUT2D eigenvalue weighted by Crippen LogP contribution is -2.28. The Morgan fingerprint density at radius 3 is 3.00 bits per heavy atom. The molecule has 0 aromatic carbocycles. The second-order valence-electron chi connectivity index (χ2n) is 5.68. The number of aryl methyl sites for hydroxylation is 2. The highest BCUT2D eigenvalue weighted by Crippen LogP contribution is 2.26. The molecule has 20 heavy (non-hydrogen) atoms. The summed E-state index contributed by atoms with van der Waals surface area (Å²) >= 11 is 0. The van der Waals surface area contributed by atoms with E-state index in [-0.39, 0.29) is 0 Å². The van der Waals surface area contributed by atoms with Gasteiger partial charge in [-0.1, -0.05) is 0 Å². The maximum absolute atomic E-state index is 4.70. The fourth-order valence-electron chi connectivity index (χ4n) is 2.99. The first-order chi connectivity index (χ1) is 9.74. The van der Waals surface area contributed by atoms with Gasteiger partial charge < -0.3 is 9.88 Å². The highest BCUT2D eigenvalue weighted by atomic mass is 15.1. The molecule has 0 radical (unpaired) electrons. The zero-order valence-electron chi connectivity index (χ0n) is 12.2. The molecule has 2 atom stereocenters. The lowest BCUT2D eigenvalue weighted by molar-refractivity contribution is 0.408. The molecule has 0 saturated heterocycles. The lowest BCUT2D eigenvalue weighted by Gasteiger charge is -2.25. The van der Waals surface area contributed by atoms with Crippen LogP contribution in [0.2, 0.25) is 0 Å². The molecule has 1 aliphatic rings. The minimum atomic E-state index is 0.351. The van der Waals surface area contributed by atoms with Crippen LogP contribution in [-0.2, 0) is 6.54 Å². The van der Waals surface area contributed by atoms with Crippen LogP contribution in [0.25, 0.3) is 0 Å². The van der Waals surface area contributed by atoms with Crippen LogP contribution in [-0.4, -0.2) is 21.1 Å². The normalized spacial score (nSPS) is 19.6. The van der Waals surface area contributed by atoms with E-state index in [1.807, 2.05) is 12.4 Å². The summed E-state index contributed by atoms with van der Waals surface area (Å²) < 4.78 is 2.32. The number of imidazole rings is 1. The van der Waals surface area contributed by atoms with Gasteiger partial charge in [0.05, 0.1) is 5.69 Å². The predicted molar refractivity (Wildman–Crippen MR) is 79.6 cm³/mol. The van der Waals surface area contributed by atoms with Crippen LogP contribution in [0.5, 0.6) is 0 Å². The van der Waals surface area contributed by atoms with Crippen molar-refractivity contribution in [3.63, 3.8) is 0 Å². The topological polar surface area (TPSA) is 42.7 Å². The van der Waals surface area contributed by atoms with Gasteiger partial charge in [-0.15, -0.1) is 0 Å². The van der Waals surface area contributed by atoms with Crippen molar-refractivity contribution in [3.8, 4) is 0 Å². The van der Waals surface area contributed by atoms with E-state index in [0.717, 1.165) is 18.8 Å². The van der Waals surface area contributed by atoms with Crippen LogP contribution in [0.3, 0.4) is 0 Å². The Labute approximate surface area is 120 Å². The summed E-state index contributed by atoms with van der Waals surface area (Å²) in [6.45, 7) is 6.39. The van der Waals surface area contributed by atoms with E-state index in [2.05, 4.69) is 47.0 Å². The van der Waals surface area contributed by atoms with Crippen LogP contribution >= 0.6 is 0 Å². The van der Waals surface area contributed by atoms with Gasteiger partial charge in [0, 0.05) is 43.6 Å². The molecule has 0 amide bonds. The van der Waals surface area contributed by atoms with Gasteiger partial charge in [-0.25, -0.2) is 4.98 Å². The smallest absolute Gasteiger partial charge is 0.113 e. The maximum Gasteiger partial charge on any atom is 0.113 e. The third kappa shape index (κ3) is 2.75. The minimum absolute atomic E-state index is 0.351. The fourth-order valence-corrected chi connectivity index (χ4v) is 2.99. The Balaban J connectivity index is 1.65. The standard InChI is InChI=1S/C16H22N4/c1-12-11-20-9-3-4-15(16(20)19-12)10-18-13(2)14-5-7-17-8-6-14/h5-8,11,13,15,18H,3-4,9-10H2,1-2H3/t13-,15+/m0/s1. The summed E-state index contributed by atoms with van der Waals surface area (Å²) in [6.07, 6.45) is 8.35. The quantitative estimate of drug-likeness (QED) is 0.929. The van der Waals surface area contributed by atoms with Gasteiger partial charge in [-0.3, -0.25) is 4.98 Å². The summed E-state index contributed by atoms with van der Waals surface area (Å²) in [5, 5.41) is 3.64. The van der Waals surface area contributed by atoms with E-state index >= 15 is 0 Å². The molecular weight excluding hydrogens is 248 g/mol. The molecule has 0 saturated carbocycles. The molecule has 4 heteroatoms. The summed E-state index contributed by atoms with van der Waals surface area (Å²) in [4.78, 5) is 8.77. The zero-order chi connectivity index (χ0) is 13.9. The second kappa shape index (κ2) is 5.75. The zero-order valence-corrected chi connectivity index (χ0v) is 12.2. The first-order valence-electron chi connectivity index (χ1n) is 7.41. The van der Waals surface area contributed by atoms with Gasteiger partial charge in [-0.2, -0.15) is 0 Å². The van der Waals surface area contributed by atoms with Crippen molar-refractivity contribution in [1.82, 2.24) is 19.9 Å². The average Bonchev–Trinajstić information content (AvgIpc) is 2.86. The van der Waals surface area contributed by atoms with E-state index in [0.29, 0.717) is 12.0 Å². The van der Waals surface area contributed by atoms with Crippen LogP contribution in [0.4, 0.5) is 0 Å². The maximum atomic E-state index is 4.70. The van der Waals surface area contributed by atoms with Crippen LogP contribution < -0.4 is 5.32 Å². The molecule has 2 aromatic heterocycles. The number of nitrogens with one attached hydrogen (secondary N) is 1. The number of pyridine rings is 1. The lowest BCUT2D eigenvalue weighted by atomic mass is 9.98. The Morgan fingerprint density at radius 1 is 1.40 bits per heavy atom. The number of rotatable bonds is 4. The van der Waals surface area contributed by atoms with Crippen molar-refractivity contribution >= 4 is 0 Å². The van der Waals surface area contributed by atoms with Crippen molar-refractivity contribution in [2.24, 2.45) is 0 Å². The molecule has 0 fully saturated rings. The molecule has 3 heterocycles. The number of hydrogen-bond acceptors (Lipinski definition) is 3. The number of hydrogen-bond donors (Lipinski definition) is 1. The van der Waals surface area contributed by atoms with Crippen LogP contribution in [0.1, 0.15) is 48.8 Å². The monoisotopic (exact) mass is 270 g/mol. The van der Waals surface area contributed by atoms with Crippen molar-refractivity contribution in [3.05, 3.63) is 47.8 Å². The van der Waals surface area contributed by atoms with Crippen molar-refractivity contribution in [2.75, 3.05) is 6.54 Å². The molecule has 4 nitrogen and oxygen atoms in total. The number of fused-ring (bicyclic) bond motifs is 1. The van der Waals surface area contributed by atoms with Crippen molar-refractivity contribution < 1.29 is 0 Å². The molecule has 2 aromatic rings. The first-order valence-corrected chi connectivity index (χ1v) is 7.41. The third-order valence-electron chi connectivity index (χ3n) is 4.12. The highest BCUT2D eigenvalue weighted by molar-refractivity contribution is 5.15. The molecule has 0 unspecified atom stereocenters. The minimum Gasteiger partial charge on any atom is -0.334 e. The number of nitrogens with zero attached hydrogens (tertiary/aromatic N) is 3. The third-order valence-corrected chi connectivity index (χ3v) is 4.12. The largest absolute Gasteiger partial charge is 0.334 e. The van der Waals surface area contributed by atoms with E-state index in [9.17, 15) is 0 Å². The molecule has 0 bridgehead atoms. The summed E-state index contributed by atoms with van der Waals surface area (Å²) in [5.41, 5.74) is 2.42. The van der Waals surface area contributed by atoms with Gasteiger partial charge in [0.1, 0.15) is 5.82 Å². The summed E-state index contributed by atoms with van der Waals surface area (Å²) in [7, 11) is 0. The highest BCUT2D eigenvalue weighted by Gasteiger charge is 2.22. The molecular formula is C16H22N4. The number of aromatic nitrogens is 3. The Morgan fingerprint density at radius 2 is 2.20 bits per heavy atom. The van der Waals surface area contributed by atoms with E-state index in [1.54, 1.807) is 0 Å². The van der Waals surface area contributed by atoms with Crippen LogP contribution in [0, 0.1) is 6.92 Å². The molecule has 1 aliphatic heterocycles. The Hall–Kier alpha value is -1.68. The summed E-state index contributed by atoms with van der Waals surface area (Å²) in [6, 6.07) is 4.50. The van der Waals surface area contributed by atoms with Crippen molar-refractivity contribution in [2.45, 2.75) is 45.2 Å². The molecule has 0 aliphatic carbocycles. The second-order valence-corrected chi connectivity index (χ2v) is 5.68. The van der Waals surface area contributed by atoms with E-state index in [1.165, 1.54) is 24.2 Å². The predicted octanol–water partition coefficient (Wildman–Crippen LogP) is 2.81.